The van der Waals surface area contributed by atoms with Gasteiger partial charge in [-0.1, -0.05) is 6.07 Å². The fourth-order valence-corrected chi connectivity index (χ4v) is 1.26. The lowest BCUT2D eigenvalue weighted by Crippen LogP contribution is -2.39. The zero-order valence-corrected chi connectivity index (χ0v) is 12.1. The van der Waals surface area contributed by atoms with E-state index in [1.54, 1.807) is 13.1 Å². The first-order valence-electron chi connectivity index (χ1n) is 5.84. The molecule has 0 aliphatic heterocycles. The monoisotopic (exact) mass is 303 g/mol. The van der Waals surface area contributed by atoms with Gasteiger partial charge in [0.25, 0.3) is 11.6 Å². The summed E-state index contributed by atoms with van der Waals surface area (Å²) < 4.78 is 5.19. The van der Waals surface area contributed by atoms with Crippen LogP contribution in [0.25, 0.3) is 0 Å². The van der Waals surface area contributed by atoms with Crippen LogP contribution in [0.2, 0.25) is 0 Å². The normalized spacial score (nSPS) is 11.1. The van der Waals surface area contributed by atoms with Gasteiger partial charge < -0.3 is 15.4 Å². The predicted octanol–water partition coefficient (Wildman–Crippen LogP) is 1.12. The molecule has 0 spiro atoms. The van der Waals surface area contributed by atoms with Crippen LogP contribution in [0.4, 0.5) is 5.69 Å². The number of carbonyl (C=O) groups excluding carboxylic acids is 1. The minimum Gasteiger partial charge on any atom is -0.484 e. The maximum absolute atomic E-state index is 11.5. The molecule has 1 atom stereocenters. The highest BCUT2D eigenvalue weighted by Crippen LogP contribution is 2.18. The van der Waals surface area contributed by atoms with Crippen LogP contribution in [0.15, 0.2) is 24.3 Å². The summed E-state index contributed by atoms with van der Waals surface area (Å²) in [5.41, 5.74) is -0.0679. The summed E-state index contributed by atoms with van der Waals surface area (Å²) >= 11 is 0. The quantitative estimate of drug-likeness (QED) is 0.581. The molecule has 8 heteroatoms. The first-order chi connectivity index (χ1) is 9.02. The minimum absolute atomic E-state index is 0. The van der Waals surface area contributed by atoms with Gasteiger partial charge in [-0.3, -0.25) is 14.9 Å². The fourth-order valence-electron chi connectivity index (χ4n) is 1.26. The Bertz CT molecular complexity index is 456. The summed E-state index contributed by atoms with van der Waals surface area (Å²) in [7, 11) is 1.80. The van der Waals surface area contributed by atoms with Crippen LogP contribution < -0.4 is 15.4 Å². The smallest absolute Gasteiger partial charge is 0.273 e. The molecule has 2 N–H and O–H groups in total. The Morgan fingerprint density at radius 2 is 2.20 bits per heavy atom. The molecule has 0 fully saturated rings. The van der Waals surface area contributed by atoms with Crippen LogP contribution in [-0.4, -0.2) is 37.1 Å². The minimum atomic E-state index is -0.512. The number of nitro groups is 1. The van der Waals surface area contributed by atoms with Gasteiger partial charge in [-0.15, -0.1) is 12.4 Å². The number of hydrogen-bond donors (Lipinski definition) is 2. The second-order valence-corrected chi connectivity index (χ2v) is 4.04. The van der Waals surface area contributed by atoms with Gasteiger partial charge in [-0.2, -0.15) is 0 Å². The van der Waals surface area contributed by atoms with Crippen LogP contribution >= 0.6 is 12.4 Å². The topological polar surface area (TPSA) is 93.5 Å². The number of likely N-dealkylation sites (N-methyl/N-ethyl adjacent to an activating group) is 1. The number of non-ortho nitro benzene ring substituents is 1. The average Bonchev–Trinajstić information content (AvgIpc) is 2.42. The maximum Gasteiger partial charge on any atom is 0.273 e. The lowest BCUT2D eigenvalue weighted by atomic mass is 10.3. The van der Waals surface area contributed by atoms with E-state index >= 15 is 0 Å². The number of hydrogen-bond acceptors (Lipinski definition) is 5. The third kappa shape index (κ3) is 6.35. The molecule has 0 saturated heterocycles. The molecule has 0 aromatic heterocycles. The maximum atomic E-state index is 11.5. The van der Waals surface area contributed by atoms with Crippen molar-refractivity contribution < 1.29 is 14.5 Å². The number of halogens is 1. The van der Waals surface area contributed by atoms with E-state index in [1.807, 2.05) is 6.92 Å². The van der Waals surface area contributed by atoms with Crippen LogP contribution in [0, 0.1) is 10.1 Å². The Morgan fingerprint density at radius 1 is 1.50 bits per heavy atom. The number of nitrogens with zero attached hydrogens (tertiary/aromatic N) is 1. The largest absolute Gasteiger partial charge is 0.484 e. The SMILES string of the molecule is CNC(C)CNC(=O)COc1cccc([N+](=O)[O-])c1.Cl. The van der Waals surface area contributed by atoms with E-state index in [0.717, 1.165) is 0 Å². The summed E-state index contributed by atoms with van der Waals surface area (Å²) in [6.45, 7) is 2.26. The highest BCUT2D eigenvalue weighted by molar-refractivity contribution is 5.85. The highest BCUT2D eigenvalue weighted by Gasteiger charge is 2.08. The van der Waals surface area contributed by atoms with Gasteiger partial charge in [0.2, 0.25) is 0 Å². The fraction of sp³-hybridized carbons (Fsp3) is 0.417. The van der Waals surface area contributed by atoms with Crippen LogP contribution in [-0.2, 0) is 4.79 Å². The van der Waals surface area contributed by atoms with Crippen molar-refractivity contribution in [3.05, 3.63) is 34.4 Å². The van der Waals surface area contributed by atoms with Crippen molar-refractivity contribution in [3.63, 3.8) is 0 Å². The number of benzene rings is 1. The number of amides is 1. The molecule has 1 rings (SSSR count). The number of rotatable bonds is 7. The molecule has 0 bridgehead atoms. The third-order valence-corrected chi connectivity index (χ3v) is 2.50. The number of nitrogens with one attached hydrogen (secondary N) is 2. The standard InChI is InChI=1S/C12H17N3O4.ClH/c1-9(13-2)7-14-12(16)8-19-11-5-3-4-10(6-11)15(17)18;/h3-6,9,13H,7-8H2,1-2H3,(H,14,16);1H. The zero-order chi connectivity index (χ0) is 14.3. The van der Waals surface area contributed by atoms with Gasteiger partial charge in [-0.05, 0) is 20.0 Å². The van der Waals surface area contributed by atoms with E-state index in [1.165, 1.54) is 18.2 Å². The first kappa shape index (κ1) is 18.1. The van der Waals surface area contributed by atoms with Crippen LogP contribution in [0.3, 0.4) is 0 Å². The van der Waals surface area contributed by atoms with Gasteiger partial charge in [0.15, 0.2) is 6.61 Å². The summed E-state index contributed by atoms with van der Waals surface area (Å²) in [6.07, 6.45) is 0. The summed E-state index contributed by atoms with van der Waals surface area (Å²) in [6, 6.07) is 5.89. The van der Waals surface area contributed by atoms with Crippen molar-refractivity contribution in [2.24, 2.45) is 0 Å². The van der Waals surface area contributed by atoms with Gasteiger partial charge in [0.05, 0.1) is 11.0 Å². The van der Waals surface area contributed by atoms with Crippen molar-refractivity contribution in [2.45, 2.75) is 13.0 Å². The second-order valence-electron chi connectivity index (χ2n) is 4.04. The molecule has 1 aromatic rings. The highest BCUT2D eigenvalue weighted by atomic mass is 35.5. The van der Waals surface area contributed by atoms with Crippen molar-refractivity contribution in [1.82, 2.24) is 10.6 Å². The number of nitro benzene ring substituents is 1. The average molecular weight is 304 g/mol. The Labute approximate surface area is 123 Å². The summed E-state index contributed by atoms with van der Waals surface area (Å²) in [5, 5.41) is 16.2. The predicted molar refractivity (Wildman–Crippen MR) is 77.4 cm³/mol. The molecule has 0 aliphatic carbocycles. The molecule has 0 aliphatic rings. The molecular weight excluding hydrogens is 286 g/mol. The lowest BCUT2D eigenvalue weighted by Gasteiger charge is -2.11. The van der Waals surface area contributed by atoms with E-state index < -0.39 is 4.92 Å². The molecule has 1 unspecified atom stereocenters. The molecule has 0 saturated carbocycles. The molecule has 0 radical (unpaired) electrons. The van der Waals surface area contributed by atoms with Crippen molar-refractivity contribution in [2.75, 3.05) is 20.2 Å². The van der Waals surface area contributed by atoms with Crippen molar-refractivity contribution in [3.8, 4) is 5.75 Å². The zero-order valence-electron chi connectivity index (χ0n) is 11.3. The summed E-state index contributed by atoms with van der Waals surface area (Å²) in [5.74, 6) is 0.0274. The third-order valence-electron chi connectivity index (χ3n) is 2.50. The Kier molecular flexibility index (Phi) is 8.26. The number of carbonyl (C=O) groups is 1. The van der Waals surface area contributed by atoms with Crippen molar-refractivity contribution in [1.29, 1.82) is 0 Å². The van der Waals surface area contributed by atoms with Gasteiger partial charge in [0.1, 0.15) is 5.75 Å². The molecule has 1 amide bonds. The lowest BCUT2D eigenvalue weighted by molar-refractivity contribution is -0.384. The second kappa shape index (κ2) is 9.11. The van der Waals surface area contributed by atoms with E-state index in [9.17, 15) is 14.9 Å². The molecule has 7 nitrogen and oxygen atoms in total. The molecule has 1 aromatic carbocycles. The van der Waals surface area contributed by atoms with Gasteiger partial charge >= 0.3 is 0 Å². The Hall–Kier alpha value is -1.86. The van der Waals surface area contributed by atoms with Gasteiger partial charge in [0, 0.05) is 18.7 Å². The summed E-state index contributed by atoms with van der Waals surface area (Å²) in [4.78, 5) is 21.5. The van der Waals surface area contributed by atoms with Crippen LogP contribution in [0.5, 0.6) is 5.75 Å². The Balaban J connectivity index is 0.00000361. The number of ether oxygens (including phenoxy) is 1. The molecule has 0 heterocycles. The molecule has 112 valence electrons. The van der Waals surface area contributed by atoms with Gasteiger partial charge in [-0.25, -0.2) is 0 Å². The van der Waals surface area contributed by atoms with E-state index in [-0.39, 0.29) is 36.7 Å². The molecule has 20 heavy (non-hydrogen) atoms. The van der Waals surface area contributed by atoms with Crippen molar-refractivity contribution >= 4 is 24.0 Å². The van der Waals surface area contributed by atoms with E-state index in [2.05, 4.69) is 10.6 Å². The van der Waals surface area contributed by atoms with Crippen LogP contribution in [0.1, 0.15) is 6.92 Å². The first-order valence-corrected chi connectivity index (χ1v) is 5.84. The van der Waals surface area contributed by atoms with E-state index in [0.29, 0.717) is 12.3 Å². The molecular formula is C12H18ClN3O4. The Morgan fingerprint density at radius 3 is 2.80 bits per heavy atom. The van der Waals surface area contributed by atoms with E-state index in [4.69, 9.17) is 4.74 Å².